The van der Waals surface area contributed by atoms with Gasteiger partial charge >= 0.3 is 0 Å². The van der Waals surface area contributed by atoms with E-state index < -0.39 is 0 Å². The molecule has 50 valence electrons. The van der Waals surface area contributed by atoms with E-state index in [1.165, 1.54) is 12.8 Å². The first-order chi connectivity index (χ1) is 4.36. The molecule has 0 amide bonds. The number of rotatable bonds is 2. The van der Waals surface area contributed by atoms with Crippen molar-refractivity contribution in [3.05, 3.63) is 0 Å². The first-order valence-corrected chi connectivity index (χ1v) is 3.56. The van der Waals surface area contributed by atoms with Gasteiger partial charge < -0.3 is 5.32 Å². The van der Waals surface area contributed by atoms with E-state index in [0.717, 1.165) is 12.6 Å². The van der Waals surface area contributed by atoms with E-state index in [0.29, 0.717) is 5.92 Å². The van der Waals surface area contributed by atoms with Crippen LogP contribution in [0.15, 0.2) is 0 Å². The molecule has 0 aromatic rings. The van der Waals surface area contributed by atoms with Gasteiger partial charge in [0.15, 0.2) is 0 Å². The molecule has 0 unspecified atom stereocenters. The SMILES string of the molecule is C#CC1CC(NCC)C1. The van der Waals surface area contributed by atoms with Gasteiger partial charge in [-0.25, -0.2) is 0 Å². The van der Waals surface area contributed by atoms with Gasteiger partial charge in [-0.3, -0.25) is 0 Å². The highest BCUT2D eigenvalue weighted by Crippen LogP contribution is 2.25. The van der Waals surface area contributed by atoms with Gasteiger partial charge in [0.25, 0.3) is 0 Å². The van der Waals surface area contributed by atoms with Gasteiger partial charge in [-0.2, -0.15) is 0 Å². The van der Waals surface area contributed by atoms with E-state index in [2.05, 4.69) is 18.2 Å². The molecule has 1 fully saturated rings. The Morgan fingerprint density at radius 3 is 2.78 bits per heavy atom. The van der Waals surface area contributed by atoms with Gasteiger partial charge in [0.05, 0.1) is 0 Å². The molecule has 0 aliphatic heterocycles. The van der Waals surface area contributed by atoms with Crippen LogP contribution in [0.3, 0.4) is 0 Å². The van der Waals surface area contributed by atoms with Gasteiger partial charge in [-0.1, -0.05) is 6.92 Å². The molecule has 0 bridgehead atoms. The predicted octanol–water partition coefficient (Wildman–Crippen LogP) is 1.01. The summed E-state index contributed by atoms with van der Waals surface area (Å²) in [5.74, 6) is 3.31. The van der Waals surface area contributed by atoms with Gasteiger partial charge in [0, 0.05) is 12.0 Å². The van der Waals surface area contributed by atoms with Gasteiger partial charge in [-0.05, 0) is 19.4 Å². The van der Waals surface area contributed by atoms with Crippen molar-refractivity contribution in [1.82, 2.24) is 5.32 Å². The number of hydrogen-bond acceptors (Lipinski definition) is 1. The molecule has 1 nitrogen and oxygen atoms in total. The Morgan fingerprint density at radius 1 is 1.67 bits per heavy atom. The number of nitrogens with one attached hydrogen (secondary N) is 1. The molecule has 1 N–H and O–H groups in total. The van der Waals surface area contributed by atoms with E-state index in [9.17, 15) is 0 Å². The quantitative estimate of drug-likeness (QED) is 0.540. The lowest BCUT2D eigenvalue weighted by molar-refractivity contribution is 0.282. The molecule has 1 rings (SSSR count). The van der Waals surface area contributed by atoms with Crippen molar-refractivity contribution in [2.75, 3.05) is 6.54 Å². The fourth-order valence-electron chi connectivity index (χ4n) is 1.21. The molecule has 0 spiro atoms. The molecule has 0 saturated heterocycles. The molecule has 0 heterocycles. The lowest BCUT2D eigenvalue weighted by Gasteiger charge is -2.32. The monoisotopic (exact) mass is 123 g/mol. The Balaban J connectivity index is 2.06. The minimum Gasteiger partial charge on any atom is -0.314 e. The molecule has 1 aliphatic carbocycles. The highest BCUT2D eigenvalue weighted by Gasteiger charge is 2.25. The highest BCUT2D eigenvalue weighted by molar-refractivity contribution is 5.02. The topological polar surface area (TPSA) is 12.0 Å². The third kappa shape index (κ3) is 1.46. The van der Waals surface area contributed by atoms with Crippen molar-refractivity contribution in [1.29, 1.82) is 0 Å². The van der Waals surface area contributed by atoms with Crippen LogP contribution in [0.2, 0.25) is 0 Å². The van der Waals surface area contributed by atoms with Crippen LogP contribution >= 0.6 is 0 Å². The third-order valence-electron chi connectivity index (χ3n) is 1.87. The van der Waals surface area contributed by atoms with Crippen LogP contribution in [-0.2, 0) is 0 Å². The normalized spacial score (nSPS) is 32.9. The number of hydrogen-bond donors (Lipinski definition) is 1. The Labute approximate surface area is 56.8 Å². The summed E-state index contributed by atoms with van der Waals surface area (Å²) in [6.45, 7) is 3.20. The molecule has 0 aromatic heterocycles. The first-order valence-electron chi connectivity index (χ1n) is 3.56. The van der Waals surface area contributed by atoms with Gasteiger partial charge in [-0.15, -0.1) is 12.3 Å². The zero-order valence-corrected chi connectivity index (χ0v) is 5.85. The van der Waals surface area contributed by atoms with Crippen molar-refractivity contribution in [3.63, 3.8) is 0 Å². The smallest absolute Gasteiger partial charge is 0.0229 e. The lowest BCUT2D eigenvalue weighted by Crippen LogP contribution is -2.40. The van der Waals surface area contributed by atoms with Crippen LogP contribution in [0.4, 0.5) is 0 Å². The highest BCUT2D eigenvalue weighted by atomic mass is 14.9. The molecule has 0 radical (unpaired) electrons. The molecular weight excluding hydrogens is 110 g/mol. The Morgan fingerprint density at radius 2 is 2.33 bits per heavy atom. The predicted molar refractivity (Wildman–Crippen MR) is 39.0 cm³/mol. The van der Waals surface area contributed by atoms with E-state index in [1.807, 2.05) is 0 Å². The molecule has 1 saturated carbocycles. The van der Waals surface area contributed by atoms with Crippen LogP contribution in [0.5, 0.6) is 0 Å². The van der Waals surface area contributed by atoms with Crippen molar-refractivity contribution in [2.45, 2.75) is 25.8 Å². The second kappa shape index (κ2) is 2.89. The van der Waals surface area contributed by atoms with Crippen LogP contribution in [-0.4, -0.2) is 12.6 Å². The molecule has 1 aliphatic rings. The van der Waals surface area contributed by atoms with Crippen LogP contribution in [0, 0.1) is 18.3 Å². The fraction of sp³-hybridized carbons (Fsp3) is 0.750. The Bertz CT molecular complexity index is 117. The molecule has 0 atom stereocenters. The minimum atomic E-state index is 0.564. The average molecular weight is 123 g/mol. The van der Waals surface area contributed by atoms with Gasteiger partial charge in [0.2, 0.25) is 0 Å². The summed E-state index contributed by atoms with van der Waals surface area (Å²) in [6, 6.07) is 0.719. The molecule has 0 aromatic carbocycles. The maximum atomic E-state index is 5.21. The number of terminal acetylenes is 1. The summed E-state index contributed by atoms with van der Waals surface area (Å²) in [5, 5.41) is 3.35. The summed E-state index contributed by atoms with van der Waals surface area (Å²) < 4.78 is 0. The van der Waals surface area contributed by atoms with E-state index in [1.54, 1.807) is 0 Å². The average Bonchev–Trinajstić information content (AvgIpc) is 1.77. The van der Waals surface area contributed by atoms with Crippen molar-refractivity contribution in [3.8, 4) is 12.3 Å². The van der Waals surface area contributed by atoms with Crippen LogP contribution in [0.1, 0.15) is 19.8 Å². The summed E-state index contributed by atoms with van der Waals surface area (Å²) in [7, 11) is 0. The summed E-state index contributed by atoms with van der Waals surface area (Å²) >= 11 is 0. The second-order valence-electron chi connectivity index (χ2n) is 2.59. The van der Waals surface area contributed by atoms with Crippen molar-refractivity contribution < 1.29 is 0 Å². The first kappa shape index (κ1) is 6.64. The van der Waals surface area contributed by atoms with Crippen molar-refractivity contribution >= 4 is 0 Å². The second-order valence-corrected chi connectivity index (χ2v) is 2.59. The third-order valence-corrected chi connectivity index (χ3v) is 1.87. The van der Waals surface area contributed by atoms with Crippen LogP contribution in [0.25, 0.3) is 0 Å². The molecule has 9 heavy (non-hydrogen) atoms. The van der Waals surface area contributed by atoms with E-state index in [4.69, 9.17) is 6.42 Å². The maximum Gasteiger partial charge on any atom is 0.0229 e. The Hall–Kier alpha value is -0.480. The Kier molecular flexibility index (Phi) is 2.13. The molecule has 1 heteroatoms. The standard InChI is InChI=1S/C8H13N/c1-3-7-5-8(6-7)9-4-2/h1,7-9H,4-6H2,2H3. The fourth-order valence-corrected chi connectivity index (χ4v) is 1.21. The van der Waals surface area contributed by atoms with E-state index in [-0.39, 0.29) is 0 Å². The van der Waals surface area contributed by atoms with Gasteiger partial charge in [0.1, 0.15) is 0 Å². The van der Waals surface area contributed by atoms with E-state index >= 15 is 0 Å². The zero-order chi connectivity index (χ0) is 6.69. The summed E-state index contributed by atoms with van der Waals surface area (Å²) in [5.41, 5.74) is 0. The van der Waals surface area contributed by atoms with Crippen molar-refractivity contribution in [2.24, 2.45) is 5.92 Å². The maximum absolute atomic E-state index is 5.21. The minimum absolute atomic E-state index is 0.564. The zero-order valence-electron chi connectivity index (χ0n) is 5.85. The molecular formula is C8H13N. The lowest BCUT2D eigenvalue weighted by atomic mass is 9.81. The summed E-state index contributed by atoms with van der Waals surface area (Å²) in [4.78, 5) is 0. The summed E-state index contributed by atoms with van der Waals surface area (Å²) in [6.07, 6.45) is 7.58. The van der Waals surface area contributed by atoms with Crippen LogP contribution < -0.4 is 5.32 Å². The largest absolute Gasteiger partial charge is 0.314 e.